The molecule has 0 N–H and O–H groups in total. The average Bonchev–Trinajstić information content (AvgIpc) is 2.28. The van der Waals surface area contributed by atoms with Crippen LogP contribution in [0.3, 0.4) is 0 Å². The Hall–Kier alpha value is -1.65. The number of ether oxygens (including phenoxy) is 1. The number of esters is 1. The van der Waals surface area contributed by atoms with E-state index in [1.165, 1.54) is 6.33 Å². The maximum absolute atomic E-state index is 11.4. The zero-order valence-electron chi connectivity index (χ0n) is 10.8. The zero-order valence-corrected chi connectivity index (χ0v) is 10.8. The van der Waals surface area contributed by atoms with E-state index in [2.05, 4.69) is 9.97 Å². The van der Waals surface area contributed by atoms with Gasteiger partial charge in [-0.05, 0) is 20.8 Å². The molecule has 0 saturated heterocycles. The highest BCUT2D eigenvalue weighted by Gasteiger charge is 2.16. The van der Waals surface area contributed by atoms with Gasteiger partial charge in [0.25, 0.3) is 0 Å². The van der Waals surface area contributed by atoms with E-state index in [1.54, 1.807) is 6.92 Å². The first-order valence-electron chi connectivity index (χ1n) is 5.71. The Bertz CT molecular complexity index is 382. The van der Waals surface area contributed by atoms with Gasteiger partial charge in [0.05, 0.1) is 13.0 Å². The largest absolute Gasteiger partial charge is 0.466 e. The Kier molecular flexibility index (Phi) is 4.87. The molecule has 0 aliphatic carbocycles. The molecule has 0 fully saturated rings. The Morgan fingerprint density at radius 1 is 1.53 bits per heavy atom. The summed E-state index contributed by atoms with van der Waals surface area (Å²) in [5.74, 6) is 0.631. The number of hydrogen-bond acceptors (Lipinski definition) is 5. The molecule has 0 aliphatic heterocycles. The Morgan fingerprint density at radius 2 is 2.24 bits per heavy atom. The lowest BCUT2D eigenvalue weighted by Gasteiger charge is -2.25. The van der Waals surface area contributed by atoms with Crippen molar-refractivity contribution in [3.05, 3.63) is 18.1 Å². The monoisotopic (exact) mass is 237 g/mol. The fraction of sp³-hybridized carbons (Fsp3) is 0.583. The lowest BCUT2D eigenvalue weighted by atomic mass is 10.2. The van der Waals surface area contributed by atoms with Crippen LogP contribution < -0.4 is 4.90 Å². The van der Waals surface area contributed by atoms with Crippen LogP contribution in [-0.2, 0) is 9.53 Å². The van der Waals surface area contributed by atoms with Crippen LogP contribution in [0, 0.1) is 6.92 Å². The van der Waals surface area contributed by atoms with Gasteiger partial charge in [-0.3, -0.25) is 4.79 Å². The molecule has 1 atom stereocenters. The highest BCUT2D eigenvalue weighted by atomic mass is 16.5. The molecule has 0 saturated carbocycles. The first kappa shape index (κ1) is 13.4. The van der Waals surface area contributed by atoms with Gasteiger partial charge in [-0.25, -0.2) is 9.97 Å². The Labute approximate surface area is 102 Å². The molecular formula is C12H19N3O2. The van der Waals surface area contributed by atoms with Gasteiger partial charge in [0, 0.05) is 24.8 Å². The quantitative estimate of drug-likeness (QED) is 0.727. The van der Waals surface area contributed by atoms with E-state index in [-0.39, 0.29) is 12.0 Å². The van der Waals surface area contributed by atoms with E-state index in [9.17, 15) is 4.79 Å². The second kappa shape index (κ2) is 6.18. The van der Waals surface area contributed by atoms with Gasteiger partial charge in [0.2, 0.25) is 0 Å². The number of carbonyl (C=O) groups is 1. The summed E-state index contributed by atoms with van der Waals surface area (Å²) >= 11 is 0. The summed E-state index contributed by atoms with van der Waals surface area (Å²) in [6.45, 7) is 6.10. The van der Waals surface area contributed by atoms with Crippen molar-refractivity contribution < 1.29 is 9.53 Å². The molecule has 0 spiro atoms. The van der Waals surface area contributed by atoms with Crippen molar-refractivity contribution in [3.63, 3.8) is 0 Å². The van der Waals surface area contributed by atoms with Crippen molar-refractivity contribution in [2.75, 3.05) is 18.6 Å². The van der Waals surface area contributed by atoms with Gasteiger partial charge >= 0.3 is 5.97 Å². The Balaban J connectivity index is 2.63. The molecule has 0 bridgehead atoms. The lowest BCUT2D eigenvalue weighted by Crippen LogP contribution is -2.32. The molecule has 5 nitrogen and oxygen atoms in total. The highest BCUT2D eigenvalue weighted by molar-refractivity contribution is 5.70. The molecule has 94 valence electrons. The van der Waals surface area contributed by atoms with Crippen molar-refractivity contribution in [1.82, 2.24) is 9.97 Å². The number of aromatic nitrogens is 2. The minimum atomic E-state index is -0.183. The lowest BCUT2D eigenvalue weighted by molar-refractivity contribution is -0.143. The second-order valence-corrected chi connectivity index (χ2v) is 3.99. The van der Waals surface area contributed by atoms with Crippen LogP contribution in [0.25, 0.3) is 0 Å². The maximum Gasteiger partial charge on any atom is 0.307 e. The smallest absolute Gasteiger partial charge is 0.307 e. The van der Waals surface area contributed by atoms with E-state index in [4.69, 9.17) is 4.74 Å². The number of rotatable bonds is 5. The third-order valence-electron chi connectivity index (χ3n) is 2.58. The molecule has 0 aromatic carbocycles. The molecule has 17 heavy (non-hydrogen) atoms. The number of anilines is 1. The summed E-state index contributed by atoms with van der Waals surface area (Å²) in [7, 11) is 1.91. The van der Waals surface area contributed by atoms with Crippen LogP contribution in [0.1, 0.15) is 26.0 Å². The number of aryl methyl sites for hydroxylation is 1. The van der Waals surface area contributed by atoms with Gasteiger partial charge in [-0.1, -0.05) is 0 Å². The van der Waals surface area contributed by atoms with Crippen molar-refractivity contribution in [2.45, 2.75) is 33.2 Å². The summed E-state index contributed by atoms with van der Waals surface area (Å²) in [5, 5.41) is 0. The van der Waals surface area contributed by atoms with Crippen LogP contribution in [0.15, 0.2) is 12.4 Å². The van der Waals surface area contributed by atoms with Crippen molar-refractivity contribution in [1.29, 1.82) is 0 Å². The molecule has 0 aliphatic rings. The summed E-state index contributed by atoms with van der Waals surface area (Å²) in [6, 6.07) is 1.94. The minimum absolute atomic E-state index is 0.0448. The van der Waals surface area contributed by atoms with Crippen LogP contribution in [-0.4, -0.2) is 35.6 Å². The number of hydrogen-bond donors (Lipinski definition) is 0. The van der Waals surface area contributed by atoms with E-state index in [1.807, 2.05) is 31.9 Å². The van der Waals surface area contributed by atoms with Crippen molar-refractivity contribution in [3.8, 4) is 0 Å². The average molecular weight is 237 g/mol. The minimum Gasteiger partial charge on any atom is -0.466 e. The summed E-state index contributed by atoms with van der Waals surface area (Å²) in [5.41, 5.74) is 0.908. The predicted octanol–water partition coefficient (Wildman–Crippen LogP) is 1.56. The molecule has 5 heteroatoms. The first-order chi connectivity index (χ1) is 8.04. The van der Waals surface area contributed by atoms with Crippen LogP contribution in [0.2, 0.25) is 0 Å². The molecule has 0 amide bonds. The molecule has 1 rings (SSSR count). The molecular weight excluding hydrogens is 218 g/mol. The van der Waals surface area contributed by atoms with E-state index in [0.29, 0.717) is 13.0 Å². The zero-order chi connectivity index (χ0) is 12.8. The summed E-state index contributed by atoms with van der Waals surface area (Å²) in [6.07, 6.45) is 1.88. The van der Waals surface area contributed by atoms with Gasteiger partial charge in [-0.2, -0.15) is 0 Å². The normalized spacial score (nSPS) is 12.0. The highest BCUT2D eigenvalue weighted by Crippen LogP contribution is 2.14. The predicted molar refractivity (Wildman–Crippen MR) is 65.9 cm³/mol. The fourth-order valence-electron chi connectivity index (χ4n) is 1.46. The Morgan fingerprint density at radius 3 is 2.82 bits per heavy atom. The molecule has 1 aromatic rings. The van der Waals surface area contributed by atoms with E-state index < -0.39 is 0 Å². The number of nitrogens with zero attached hydrogens (tertiary/aromatic N) is 3. The SMILES string of the molecule is CCOC(=O)CC(C)N(C)c1cc(C)ncn1. The first-order valence-corrected chi connectivity index (χ1v) is 5.71. The van der Waals surface area contributed by atoms with Crippen molar-refractivity contribution in [2.24, 2.45) is 0 Å². The second-order valence-electron chi connectivity index (χ2n) is 3.99. The van der Waals surface area contributed by atoms with Crippen LogP contribution in [0.5, 0.6) is 0 Å². The van der Waals surface area contributed by atoms with E-state index in [0.717, 1.165) is 11.5 Å². The van der Waals surface area contributed by atoms with E-state index >= 15 is 0 Å². The topological polar surface area (TPSA) is 55.3 Å². The summed E-state index contributed by atoms with van der Waals surface area (Å²) < 4.78 is 4.92. The molecule has 0 radical (unpaired) electrons. The molecule has 1 unspecified atom stereocenters. The van der Waals surface area contributed by atoms with Gasteiger partial charge in [0.15, 0.2) is 0 Å². The molecule has 1 aromatic heterocycles. The maximum atomic E-state index is 11.4. The fourth-order valence-corrected chi connectivity index (χ4v) is 1.46. The van der Waals surface area contributed by atoms with Crippen molar-refractivity contribution >= 4 is 11.8 Å². The van der Waals surface area contributed by atoms with Crippen LogP contribution >= 0.6 is 0 Å². The third-order valence-corrected chi connectivity index (χ3v) is 2.58. The standard InChI is InChI=1S/C12H19N3O2/c1-5-17-12(16)7-10(3)15(4)11-6-9(2)13-8-14-11/h6,8,10H,5,7H2,1-4H3. The third kappa shape index (κ3) is 4.01. The van der Waals surface area contributed by atoms with Gasteiger partial charge in [-0.15, -0.1) is 0 Å². The van der Waals surface area contributed by atoms with Gasteiger partial charge in [0.1, 0.15) is 12.1 Å². The summed E-state index contributed by atoms with van der Waals surface area (Å²) in [4.78, 5) is 21.5. The van der Waals surface area contributed by atoms with Gasteiger partial charge < -0.3 is 9.64 Å². The number of carbonyl (C=O) groups excluding carboxylic acids is 1. The molecule has 1 heterocycles. The van der Waals surface area contributed by atoms with Crippen LogP contribution in [0.4, 0.5) is 5.82 Å².